The third-order valence-electron chi connectivity index (χ3n) is 0.544. The molecule has 0 unspecified atom stereocenters. The molecule has 0 rings (SSSR count). The zero-order chi connectivity index (χ0) is 6.78. The maximum atomic E-state index is 11.8. The summed E-state index contributed by atoms with van der Waals surface area (Å²) < 4.78 is 27.8. The first kappa shape index (κ1) is 7.75. The van der Waals surface area contributed by atoms with Crippen LogP contribution < -0.4 is 0 Å². The van der Waals surface area contributed by atoms with Gasteiger partial charge in [0.1, 0.15) is 0 Å². The van der Waals surface area contributed by atoms with Crippen LogP contribution in [0.1, 0.15) is 6.92 Å². The number of halogens is 2. The molecule has 0 N–H and O–H groups in total. The first-order valence-electron chi connectivity index (χ1n) is 1.94. The molecule has 0 amide bonds. The molecule has 0 saturated heterocycles. The highest BCUT2D eigenvalue weighted by molar-refractivity contribution is 7.80. The number of hydrogen-bond acceptors (Lipinski definition) is 2. The SMILES string of the molecule is COC(=S)C(C)(F)F. The van der Waals surface area contributed by atoms with Crippen molar-refractivity contribution in [1.82, 2.24) is 0 Å². The first-order chi connectivity index (χ1) is 3.48. The van der Waals surface area contributed by atoms with E-state index >= 15 is 0 Å². The Morgan fingerprint density at radius 2 is 2.00 bits per heavy atom. The summed E-state index contributed by atoms with van der Waals surface area (Å²) in [5.74, 6) is -2.98. The molecule has 0 fully saturated rings. The fourth-order valence-corrected chi connectivity index (χ4v) is 0.179. The Kier molecular flexibility index (Phi) is 2.27. The van der Waals surface area contributed by atoms with Gasteiger partial charge in [0.05, 0.1) is 7.11 Å². The van der Waals surface area contributed by atoms with Gasteiger partial charge in [-0.05, 0) is 12.2 Å². The van der Waals surface area contributed by atoms with E-state index in [1.807, 2.05) is 0 Å². The van der Waals surface area contributed by atoms with Crippen LogP contribution in [-0.2, 0) is 4.74 Å². The molecule has 0 radical (unpaired) electrons. The van der Waals surface area contributed by atoms with Gasteiger partial charge in [0, 0.05) is 6.92 Å². The summed E-state index contributed by atoms with van der Waals surface area (Å²) in [4.78, 5) is 0. The first-order valence-corrected chi connectivity index (χ1v) is 2.35. The molecule has 4 heteroatoms. The zero-order valence-corrected chi connectivity index (χ0v) is 5.39. The number of alkyl halides is 2. The second-order valence-corrected chi connectivity index (χ2v) is 1.75. The van der Waals surface area contributed by atoms with Crippen LogP contribution in [0.3, 0.4) is 0 Å². The fraction of sp³-hybridized carbons (Fsp3) is 0.750. The van der Waals surface area contributed by atoms with E-state index in [4.69, 9.17) is 0 Å². The predicted octanol–water partition coefficient (Wildman–Crippen LogP) is 1.62. The lowest BCUT2D eigenvalue weighted by molar-refractivity contribution is 0.0775. The molecule has 1 nitrogen and oxygen atoms in total. The van der Waals surface area contributed by atoms with Crippen molar-refractivity contribution < 1.29 is 13.5 Å². The Morgan fingerprint density at radius 1 is 1.62 bits per heavy atom. The van der Waals surface area contributed by atoms with E-state index < -0.39 is 11.0 Å². The third kappa shape index (κ3) is 2.16. The van der Waals surface area contributed by atoms with Crippen LogP contribution >= 0.6 is 12.2 Å². The van der Waals surface area contributed by atoms with Gasteiger partial charge in [-0.1, -0.05) is 0 Å². The van der Waals surface area contributed by atoms with Crippen LogP contribution in [-0.4, -0.2) is 18.1 Å². The van der Waals surface area contributed by atoms with Crippen molar-refractivity contribution in [3.05, 3.63) is 0 Å². The third-order valence-corrected chi connectivity index (χ3v) is 1.07. The Balaban J connectivity index is 3.82. The minimum absolute atomic E-state index is 0.669. The van der Waals surface area contributed by atoms with Gasteiger partial charge in [-0.2, -0.15) is 8.78 Å². The molecular weight excluding hydrogens is 134 g/mol. The smallest absolute Gasteiger partial charge is 0.311 e. The highest BCUT2D eigenvalue weighted by Crippen LogP contribution is 2.13. The van der Waals surface area contributed by atoms with Crippen LogP contribution in [0.25, 0.3) is 0 Å². The lowest BCUT2D eigenvalue weighted by atomic mass is 10.4. The number of hydrogen-bond donors (Lipinski definition) is 0. The van der Waals surface area contributed by atoms with Crippen molar-refractivity contribution in [3.63, 3.8) is 0 Å². The molecule has 0 bridgehead atoms. The van der Waals surface area contributed by atoms with Gasteiger partial charge in [-0.3, -0.25) is 0 Å². The van der Waals surface area contributed by atoms with E-state index in [2.05, 4.69) is 17.0 Å². The van der Waals surface area contributed by atoms with Crippen LogP contribution in [0.15, 0.2) is 0 Å². The van der Waals surface area contributed by atoms with Gasteiger partial charge in [0.2, 0.25) is 5.05 Å². The van der Waals surface area contributed by atoms with E-state index in [0.29, 0.717) is 6.92 Å². The highest BCUT2D eigenvalue weighted by Gasteiger charge is 2.28. The van der Waals surface area contributed by atoms with Crippen LogP contribution in [0, 0.1) is 0 Å². The number of rotatable bonds is 1. The lowest BCUT2D eigenvalue weighted by Gasteiger charge is -2.08. The Bertz CT molecular complexity index is 96.7. The summed E-state index contributed by atoms with van der Waals surface area (Å²) in [6, 6.07) is 0. The molecule has 0 aliphatic rings. The topological polar surface area (TPSA) is 9.23 Å². The predicted molar refractivity (Wildman–Crippen MR) is 30.2 cm³/mol. The second kappa shape index (κ2) is 2.35. The molecule has 0 aromatic heterocycles. The quantitative estimate of drug-likeness (QED) is 0.512. The van der Waals surface area contributed by atoms with E-state index in [1.54, 1.807) is 0 Å². The second-order valence-electron chi connectivity index (χ2n) is 1.38. The summed E-state index contributed by atoms with van der Waals surface area (Å²) >= 11 is 4.12. The van der Waals surface area contributed by atoms with Gasteiger partial charge in [-0.15, -0.1) is 0 Å². The number of thiocarbonyl (C=S) groups is 1. The summed E-state index contributed by atoms with van der Waals surface area (Å²) in [5, 5.41) is -0.669. The maximum absolute atomic E-state index is 11.8. The van der Waals surface area contributed by atoms with E-state index in [-0.39, 0.29) is 0 Å². The summed E-state index contributed by atoms with van der Waals surface area (Å²) in [7, 11) is 1.12. The van der Waals surface area contributed by atoms with Crippen molar-refractivity contribution in [2.24, 2.45) is 0 Å². The molecular formula is C4H6F2OS. The zero-order valence-electron chi connectivity index (χ0n) is 4.57. The monoisotopic (exact) mass is 140 g/mol. The van der Waals surface area contributed by atoms with Gasteiger partial charge in [-0.25, -0.2) is 0 Å². The van der Waals surface area contributed by atoms with Crippen LogP contribution in [0.2, 0.25) is 0 Å². The molecule has 8 heavy (non-hydrogen) atoms. The van der Waals surface area contributed by atoms with Crippen molar-refractivity contribution >= 4 is 17.3 Å². The van der Waals surface area contributed by atoms with Gasteiger partial charge in [0.15, 0.2) is 0 Å². The molecule has 0 aliphatic heterocycles. The average Bonchev–Trinajstić information content (AvgIpc) is 1.62. The molecule has 0 aromatic carbocycles. The molecule has 0 spiro atoms. The number of methoxy groups -OCH3 is 1. The number of ether oxygens (including phenoxy) is 1. The Labute approximate surface area is 51.6 Å². The Hall–Kier alpha value is -0.250. The van der Waals surface area contributed by atoms with Crippen molar-refractivity contribution in [1.29, 1.82) is 0 Å². The average molecular weight is 140 g/mol. The van der Waals surface area contributed by atoms with Gasteiger partial charge in [0.25, 0.3) is 0 Å². The molecule has 0 saturated carbocycles. The summed E-state index contributed by atoms with van der Waals surface area (Å²) in [6.07, 6.45) is 0. The molecule has 0 atom stereocenters. The molecule has 0 aromatic rings. The molecule has 0 aliphatic carbocycles. The summed E-state index contributed by atoms with van der Waals surface area (Å²) in [5.41, 5.74) is 0. The Morgan fingerprint density at radius 3 is 2.00 bits per heavy atom. The normalized spacial score (nSPS) is 11.0. The minimum atomic E-state index is -2.98. The van der Waals surface area contributed by atoms with E-state index in [9.17, 15) is 8.78 Å². The summed E-state index contributed by atoms with van der Waals surface area (Å²) in [6.45, 7) is 0.693. The lowest BCUT2D eigenvalue weighted by Crippen LogP contribution is -2.23. The largest absolute Gasteiger partial charge is 0.485 e. The highest BCUT2D eigenvalue weighted by atomic mass is 32.1. The standard InChI is InChI=1S/C4H6F2OS/c1-4(5,6)3(8)7-2/h1-2H3. The van der Waals surface area contributed by atoms with Gasteiger partial charge < -0.3 is 4.74 Å². The van der Waals surface area contributed by atoms with E-state index in [1.165, 1.54) is 0 Å². The van der Waals surface area contributed by atoms with Crippen LogP contribution in [0.4, 0.5) is 8.78 Å². The van der Waals surface area contributed by atoms with Crippen molar-refractivity contribution in [3.8, 4) is 0 Å². The van der Waals surface area contributed by atoms with E-state index in [0.717, 1.165) is 7.11 Å². The molecule has 48 valence electrons. The fourth-order valence-electron chi connectivity index (χ4n) is 0.179. The minimum Gasteiger partial charge on any atom is -0.485 e. The van der Waals surface area contributed by atoms with Crippen molar-refractivity contribution in [2.45, 2.75) is 12.8 Å². The molecule has 0 heterocycles. The van der Waals surface area contributed by atoms with Gasteiger partial charge >= 0.3 is 5.92 Å². The van der Waals surface area contributed by atoms with Crippen LogP contribution in [0.5, 0.6) is 0 Å². The maximum Gasteiger partial charge on any atom is 0.311 e. The van der Waals surface area contributed by atoms with Crippen molar-refractivity contribution in [2.75, 3.05) is 7.11 Å².